The summed E-state index contributed by atoms with van der Waals surface area (Å²) in [6.07, 6.45) is 0.188. The first-order chi connectivity index (χ1) is 9.92. The molecule has 0 heterocycles. The standard InChI is InChI=1S/C13H16Cl2N2O4/c14-8-4-9(15)6-10(5-8)17-12(19)7-11(13(20)21)16-2-1-3-18/h4-6,11,16,18H,1-3,7H2,(H,17,19)(H,20,21)/t11-/m0/s1. The maximum atomic E-state index is 11.8. The highest BCUT2D eigenvalue weighted by atomic mass is 35.5. The van der Waals surface area contributed by atoms with Crippen LogP contribution in [0.2, 0.25) is 10.0 Å². The van der Waals surface area contributed by atoms with Gasteiger partial charge in [0.25, 0.3) is 0 Å². The van der Waals surface area contributed by atoms with Gasteiger partial charge in [-0.1, -0.05) is 23.2 Å². The monoisotopic (exact) mass is 334 g/mol. The molecule has 1 aromatic rings. The third-order valence-electron chi connectivity index (χ3n) is 2.67. The Hall–Kier alpha value is -1.34. The molecule has 0 saturated carbocycles. The van der Waals surface area contributed by atoms with Gasteiger partial charge in [0.05, 0.1) is 18.9 Å². The molecule has 1 aromatic carbocycles. The number of carbonyl (C=O) groups excluding carboxylic acids is 2. The van der Waals surface area contributed by atoms with E-state index in [0.29, 0.717) is 28.7 Å². The smallest absolute Gasteiger partial charge is 0.230 e. The number of quaternary nitrogens is 1. The molecular weight excluding hydrogens is 319 g/mol. The van der Waals surface area contributed by atoms with E-state index in [1.54, 1.807) is 0 Å². The lowest BCUT2D eigenvalue weighted by molar-refractivity contribution is -0.682. The number of hydrogen-bond acceptors (Lipinski definition) is 4. The summed E-state index contributed by atoms with van der Waals surface area (Å²) in [6.45, 7) is 0.356. The number of halogens is 2. The molecule has 21 heavy (non-hydrogen) atoms. The number of carboxylic acids is 1. The average Bonchev–Trinajstić information content (AvgIpc) is 2.36. The summed E-state index contributed by atoms with van der Waals surface area (Å²) in [4.78, 5) is 22.8. The number of carbonyl (C=O) groups is 2. The Morgan fingerprint density at radius 3 is 2.43 bits per heavy atom. The molecule has 0 fully saturated rings. The van der Waals surface area contributed by atoms with Gasteiger partial charge in [0.1, 0.15) is 6.04 Å². The molecule has 0 aliphatic rings. The molecule has 0 saturated heterocycles. The maximum Gasteiger partial charge on any atom is 0.230 e. The van der Waals surface area contributed by atoms with Crippen LogP contribution in [0.5, 0.6) is 0 Å². The number of aliphatic carboxylic acids is 1. The quantitative estimate of drug-likeness (QED) is 0.551. The molecule has 0 spiro atoms. The van der Waals surface area contributed by atoms with Crippen molar-refractivity contribution in [2.45, 2.75) is 18.9 Å². The summed E-state index contributed by atoms with van der Waals surface area (Å²) < 4.78 is 0. The minimum atomic E-state index is -1.33. The fourth-order valence-corrected chi connectivity index (χ4v) is 2.24. The van der Waals surface area contributed by atoms with Crippen LogP contribution in [0.1, 0.15) is 12.8 Å². The molecule has 1 rings (SSSR count). The van der Waals surface area contributed by atoms with Crippen LogP contribution in [-0.4, -0.2) is 36.2 Å². The van der Waals surface area contributed by atoms with Crippen molar-refractivity contribution >= 4 is 40.8 Å². The van der Waals surface area contributed by atoms with E-state index in [0.717, 1.165) is 0 Å². The molecule has 8 heteroatoms. The van der Waals surface area contributed by atoms with Crippen LogP contribution in [0.4, 0.5) is 5.69 Å². The Morgan fingerprint density at radius 1 is 1.29 bits per heavy atom. The van der Waals surface area contributed by atoms with Crippen LogP contribution < -0.4 is 15.7 Å². The largest absolute Gasteiger partial charge is 0.544 e. The van der Waals surface area contributed by atoms with Crippen LogP contribution in [0.3, 0.4) is 0 Å². The number of anilines is 1. The first kappa shape index (κ1) is 17.7. The molecule has 0 aliphatic carbocycles. The highest BCUT2D eigenvalue weighted by Gasteiger charge is 2.18. The number of aliphatic hydroxyl groups is 1. The van der Waals surface area contributed by atoms with Crippen LogP contribution in [0.25, 0.3) is 0 Å². The summed E-state index contributed by atoms with van der Waals surface area (Å²) in [5, 5.41) is 24.3. The minimum absolute atomic E-state index is 0.0382. The second-order valence-corrected chi connectivity index (χ2v) is 5.31. The molecule has 0 aliphatic heterocycles. The SMILES string of the molecule is O=C(C[C@H]([NH2+]CCCO)C(=O)[O-])Nc1cc(Cl)cc(Cl)c1. The number of nitrogens with two attached hydrogens (primary N) is 1. The summed E-state index contributed by atoms with van der Waals surface area (Å²) in [6, 6.07) is 3.53. The molecule has 6 nitrogen and oxygen atoms in total. The van der Waals surface area contributed by atoms with E-state index in [2.05, 4.69) is 5.32 Å². The fraction of sp³-hybridized carbons (Fsp3) is 0.385. The second-order valence-electron chi connectivity index (χ2n) is 4.44. The molecule has 4 N–H and O–H groups in total. The van der Waals surface area contributed by atoms with E-state index < -0.39 is 17.9 Å². The van der Waals surface area contributed by atoms with Crippen molar-refractivity contribution < 1.29 is 25.1 Å². The Labute approximate surface area is 132 Å². The van der Waals surface area contributed by atoms with E-state index in [4.69, 9.17) is 28.3 Å². The van der Waals surface area contributed by atoms with Gasteiger partial charge >= 0.3 is 0 Å². The zero-order valence-corrected chi connectivity index (χ0v) is 12.7. The van der Waals surface area contributed by atoms with Gasteiger partial charge in [-0.15, -0.1) is 0 Å². The first-order valence-corrected chi connectivity index (χ1v) is 7.09. The van der Waals surface area contributed by atoms with Crippen LogP contribution >= 0.6 is 23.2 Å². The van der Waals surface area contributed by atoms with Gasteiger partial charge in [-0.05, 0) is 18.2 Å². The predicted octanol–water partition coefficient (Wildman–Crippen LogP) is -0.614. The molecule has 0 aromatic heterocycles. The highest BCUT2D eigenvalue weighted by Crippen LogP contribution is 2.22. The third kappa shape index (κ3) is 6.77. The zero-order chi connectivity index (χ0) is 15.8. The summed E-state index contributed by atoms with van der Waals surface area (Å²) in [5.74, 6) is -1.81. The van der Waals surface area contributed by atoms with Gasteiger partial charge in [0, 0.05) is 28.8 Å². The lowest BCUT2D eigenvalue weighted by Gasteiger charge is -2.16. The summed E-state index contributed by atoms with van der Waals surface area (Å²) in [7, 11) is 0. The molecular formula is C13H16Cl2N2O4. The number of carboxylic acid groups (broad SMARTS) is 1. The van der Waals surface area contributed by atoms with Gasteiger partial charge in [0.2, 0.25) is 5.91 Å². The predicted molar refractivity (Wildman–Crippen MR) is 77.0 cm³/mol. The van der Waals surface area contributed by atoms with Crippen molar-refractivity contribution in [1.82, 2.24) is 0 Å². The summed E-state index contributed by atoms with van der Waals surface area (Å²) in [5.41, 5.74) is 0.393. The lowest BCUT2D eigenvalue weighted by atomic mass is 10.2. The minimum Gasteiger partial charge on any atom is -0.544 e. The van der Waals surface area contributed by atoms with Gasteiger partial charge in [-0.3, -0.25) is 4.79 Å². The van der Waals surface area contributed by atoms with E-state index >= 15 is 0 Å². The molecule has 0 radical (unpaired) electrons. The number of nitrogens with one attached hydrogen (secondary N) is 1. The second kappa shape index (κ2) is 8.84. The van der Waals surface area contributed by atoms with E-state index in [1.807, 2.05) is 0 Å². The van der Waals surface area contributed by atoms with Gasteiger partial charge in [-0.2, -0.15) is 0 Å². The van der Waals surface area contributed by atoms with Crippen molar-refractivity contribution in [2.24, 2.45) is 0 Å². The molecule has 1 amide bonds. The summed E-state index contributed by atoms with van der Waals surface area (Å²) >= 11 is 11.6. The van der Waals surface area contributed by atoms with E-state index in [9.17, 15) is 14.7 Å². The number of hydrogen-bond donors (Lipinski definition) is 3. The third-order valence-corrected chi connectivity index (χ3v) is 3.10. The van der Waals surface area contributed by atoms with Gasteiger partial charge in [-0.25, -0.2) is 0 Å². The average molecular weight is 335 g/mol. The van der Waals surface area contributed by atoms with Gasteiger partial charge < -0.3 is 25.6 Å². The Bertz CT molecular complexity index is 491. The van der Waals surface area contributed by atoms with Crippen molar-refractivity contribution in [3.05, 3.63) is 28.2 Å². The van der Waals surface area contributed by atoms with Crippen LogP contribution in [0.15, 0.2) is 18.2 Å². The van der Waals surface area contributed by atoms with Crippen molar-refractivity contribution in [2.75, 3.05) is 18.5 Å². The number of amides is 1. The zero-order valence-electron chi connectivity index (χ0n) is 11.1. The van der Waals surface area contributed by atoms with Crippen molar-refractivity contribution in [3.8, 4) is 0 Å². The lowest BCUT2D eigenvalue weighted by Crippen LogP contribution is -2.93. The Morgan fingerprint density at radius 2 is 1.90 bits per heavy atom. The fourth-order valence-electron chi connectivity index (χ4n) is 1.71. The Balaban J connectivity index is 2.58. The molecule has 0 bridgehead atoms. The number of benzene rings is 1. The molecule has 0 unspecified atom stereocenters. The van der Waals surface area contributed by atoms with Crippen molar-refractivity contribution in [1.29, 1.82) is 0 Å². The van der Waals surface area contributed by atoms with Crippen molar-refractivity contribution in [3.63, 3.8) is 0 Å². The maximum absolute atomic E-state index is 11.8. The first-order valence-electron chi connectivity index (χ1n) is 6.33. The number of rotatable bonds is 8. The van der Waals surface area contributed by atoms with Crippen LogP contribution in [-0.2, 0) is 9.59 Å². The van der Waals surface area contributed by atoms with E-state index in [1.165, 1.54) is 23.5 Å². The topological polar surface area (TPSA) is 106 Å². The highest BCUT2D eigenvalue weighted by molar-refractivity contribution is 6.35. The van der Waals surface area contributed by atoms with Gasteiger partial charge in [0.15, 0.2) is 0 Å². The normalized spacial score (nSPS) is 12.0. The Kier molecular flexibility index (Phi) is 7.45. The number of aliphatic hydroxyl groups excluding tert-OH is 1. The molecule has 1 atom stereocenters. The van der Waals surface area contributed by atoms with E-state index in [-0.39, 0.29) is 13.0 Å². The van der Waals surface area contributed by atoms with Crippen LogP contribution in [0, 0.1) is 0 Å². The molecule has 116 valence electrons.